The van der Waals surface area contributed by atoms with E-state index in [9.17, 15) is 8.42 Å². The van der Waals surface area contributed by atoms with Crippen molar-refractivity contribution in [2.24, 2.45) is 11.8 Å². The van der Waals surface area contributed by atoms with Crippen molar-refractivity contribution in [3.8, 4) is 0 Å². The molecule has 5 nitrogen and oxygen atoms in total. The van der Waals surface area contributed by atoms with E-state index in [1.165, 1.54) is 6.26 Å². The fraction of sp³-hybridized carbons (Fsp3) is 0.571. The Morgan fingerprint density at radius 1 is 1.40 bits per heavy atom. The predicted octanol–water partition coefficient (Wildman–Crippen LogP) is 1.41. The molecule has 0 amide bonds. The van der Waals surface area contributed by atoms with Crippen molar-refractivity contribution >= 4 is 9.84 Å². The highest BCUT2D eigenvalue weighted by atomic mass is 32.2. The summed E-state index contributed by atoms with van der Waals surface area (Å²) in [4.78, 5) is 0.335. The first-order valence-electron chi connectivity index (χ1n) is 6.84. The largest absolute Gasteiger partial charge is 0.381 e. The lowest BCUT2D eigenvalue weighted by molar-refractivity contribution is 0.0605. The van der Waals surface area contributed by atoms with Gasteiger partial charge in [-0.1, -0.05) is 12.1 Å². The van der Waals surface area contributed by atoms with Gasteiger partial charge in [-0.2, -0.15) is 0 Å². The van der Waals surface area contributed by atoms with Gasteiger partial charge in [0.2, 0.25) is 0 Å². The Balaban J connectivity index is 2.14. The highest BCUT2D eigenvalue weighted by Gasteiger charge is 2.20. The summed E-state index contributed by atoms with van der Waals surface area (Å²) in [7, 11) is -3.19. The molecular weight excluding hydrogens is 276 g/mol. The lowest BCUT2D eigenvalue weighted by Gasteiger charge is -2.26. The molecule has 0 bridgehead atoms. The Morgan fingerprint density at radius 2 is 2.10 bits per heavy atom. The van der Waals surface area contributed by atoms with Crippen molar-refractivity contribution in [1.29, 1.82) is 0 Å². The van der Waals surface area contributed by atoms with Crippen LogP contribution in [-0.2, 0) is 14.6 Å². The molecular formula is C14H22N2O3S. The molecule has 112 valence electrons. The number of hydrogen-bond donors (Lipinski definition) is 2. The van der Waals surface area contributed by atoms with Crippen molar-refractivity contribution in [3.63, 3.8) is 0 Å². The molecule has 0 aromatic heterocycles. The van der Waals surface area contributed by atoms with Crippen LogP contribution in [0.15, 0.2) is 29.2 Å². The number of benzene rings is 1. The number of rotatable bonds is 5. The maximum absolute atomic E-state index is 11.6. The molecule has 0 aliphatic carbocycles. The van der Waals surface area contributed by atoms with E-state index < -0.39 is 9.84 Å². The molecule has 1 heterocycles. The molecule has 0 spiro atoms. The number of hydrazine groups is 1. The minimum absolute atomic E-state index is 0.0280. The molecule has 6 heteroatoms. The molecule has 1 unspecified atom stereocenters. The number of ether oxygens (including phenoxy) is 1. The summed E-state index contributed by atoms with van der Waals surface area (Å²) in [5.41, 5.74) is 3.73. The van der Waals surface area contributed by atoms with Gasteiger partial charge in [0.25, 0.3) is 0 Å². The van der Waals surface area contributed by atoms with E-state index >= 15 is 0 Å². The van der Waals surface area contributed by atoms with E-state index in [1.807, 2.05) is 6.07 Å². The van der Waals surface area contributed by atoms with Crippen molar-refractivity contribution in [3.05, 3.63) is 29.8 Å². The highest BCUT2D eigenvalue weighted by Crippen LogP contribution is 2.28. The van der Waals surface area contributed by atoms with Crippen LogP contribution in [0.4, 0.5) is 0 Å². The van der Waals surface area contributed by atoms with Gasteiger partial charge < -0.3 is 4.74 Å². The second-order valence-corrected chi connectivity index (χ2v) is 7.37. The normalized spacial score (nSPS) is 18.9. The molecule has 1 aliphatic rings. The quantitative estimate of drug-likeness (QED) is 0.634. The van der Waals surface area contributed by atoms with Crippen molar-refractivity contribution in [1.82, 2.24) is 5.43 Å². The molecule has 1 fully saturated rings. The van der Waals surface area contributed by atoms with Gasteiger partial charge in [-0.25, -0.2) is 8.42 Å². The van der Waals surface area contributed by atoms with Gasteiger partial charge in [-0.3, -0.25) is 11.3 Å². The second-order valence-electron chi connectivity index (χ2n) is 5.36. The van der Waals surface area contributed by atoms with E-state index in [-0.39, 0.29) is 6.04 Å². The van der Waals surface area contributed by atoms with Gasteiger partial charge in [0, 0.05) is 25.5 Å². The molecule has 1 aromatic carbocycles. The smallest absolute Gasteiger partial charge is 0.175 e. The zero-order valence-electron chi connectivity index (χ0n) is 11.7. The molecule has 1 saturated heterocycles. The van der Waals surface area contributed by atoms with Crippen LogP contribution >= 0.6 is 0 Å². The summed E-state index contributed by atoms with van der Waals surface area (Å²) in [6, 6.07) is 6.97. The minimum atomic E-state index is -3.19. The van der Waals surface area contributed by atoms with Gasteiger partial charge in [-0.05, 0) is 42.9 Å². The molecule has 1 atom stereocenters. The summed E-state index contributed by atoms with van der Waals surface area (Å²) >= 11 is 0. The first-order chi connectivity index (χ1) is 9.50. The third-order valence-electron chi connectivity index (χ3n) is 3.80. The lowest BCUT2D eigenvalue weighted by atomic mass is 9.90. The monoisotopic (exact) mass is 298 g/mol. The number of hydrogen-bond acceptors (Lipinski definition) is 5. The SMILES string of the molecule is CS(=O)(=O)c1cccc(C(CC2CCOCC2)NN)c1. The third kappa shape index (κ3) is 4.02. The van der Waals surface area contributed by atoms with Crippen molar-refractivity contribution < 1.29 is 13.2 Å². The standard InChI is InChI=1S/C14H22N2O3S/c1-20(17,18)13-4-2-3-12(10-13)14(16-15)9-11-5-7-19-8-6-11/h2-4,10-11,14,16H,5-9,15H2,1H3. The van der Waals surface area contributed by atoms with Crippen LogP contribution in [0.2, 0.25) is 0 Å². The maximum Gasteiger partial charge on any atom is 0.175 e. The second kappa shape index (κ2) is 6.67. The van der Waals surface area contributed by atoms with Crippen molar-refractivity contribution in [2.75, 3.05) is 19.5 Å². The number of sulfone groups is 1. The Bertz CT molecular complexity index is 539. The van der Waals surface area contributed by atoms with Gasteiger partial charge in [-0.15, -0.1) is 0 Å². The Morgan fingerprint density at radius 3 is 2.70 bits per heavy atom. The Hall–Kier alpha value is -0.950. The first kappa shape index (κ1) is 15.4. The number of nitrogens with two attached hydrogens (primary N) is 1. The van der Waals surface area contributed by atoms with Gasteiger partial charge in [0.1, 0.15) is 0 Å². The average molecular weight is 298 g/mol. The van der Waals surface area contributed by atoms with Crippen LogP contribution in [0.1, 0.15) is 30.9 Å². The molecule has 0 saturated carbocycles. The van der Waals surface area contributed by atoms with Crippen LogP contribution in [0.3, 0.4) is 0 Å². The maximum atomic E-state index is 11.6. The molecule has 20 heavy (non-hydrogen) atoms. The summed E-state index contributed by atoms with van der Waals surface area (Å²) < 4.78 is 28.6. The average Bonchev–Trinajstić information content (AvgIpc) is 2.45. The Labute approximate surface area is 120 Å². The van der Waals surface area contributed by atoms with Gasteiger partial charge in [0.15, 0.2) is 9.84 Å². The molecule has 0 radical (unpaired) electrons. The molecule has 1 aromatic rings. The third-order valence-corrected chi connectivity index (χ3v) is 4.91. The first-order valence-corrected chi connectivity index (χ1v) is 8.73. The summed E-state index contributed by atoms with van der Waals surface area (Å²) in [5.74, 6) is 6.21. The Kier molecular flexibility index (Phi) is 5.15. The fourth-order valence-electron chi connectivity index (χ4n) is 2.58. The molecule has 1 aliphatic heterocycles. The van der Waals surface area contributed by atoms with Crippen LogP contribution in [0, 0.1) is 5.92 Å². The zero-order valence-corrected chi connectivity index (χ0v) is 12.5. The van der Waals surface area contributed by atoms with Crippen LogP contribution < -0.4 is 11.3 Å². The van der Waals surface area contributed by atoms with Crippen LogP contribution in [0.25, 0.3) is 0 Å². The van der Waals surface area contributed by atoms with Gasteiger partial charge >= 0.3 is 0 Å². The minimum Gasteiger partial charge on any atom is -0.381 e. The number of nitrogens with one attached hydrogen (secondary N) is 1. The lowest BCUT2D eigenvalue weighted by Crippen LogP contribution is -2.31. The summed E-state index contributed by atoms with van der Waals surface area (Å²) in [6.07, 6.45) is 4.18. The van der Waals surface area contributed by atoms with E-state index in [4.69, 9.17) is 10.6 Å². The van der Waals surface area contributed by atoms with E-state index in [1.54, 1.807) is 18.2 Å². The highest BCUT2D eigenvalue weighted by molar-refractivity contribution is 7.90. The summed E-state index contributed by atoms with van der Waals surface area (Å²) in [5, 5.41) is 0. The van der Waals surface area contributed by atoms with Gasteiger partial charge in [0.05, 0.1) is 4.90 Å². The summed E-state index contributed by atoms with van der Waals surface area (Å²) in [6.45, 7) is 1.59. The topological polar surface area (TPSA) is 81.4 Å². The fourth-order valence-corrected chi connectivity index (χ4v) is 3.25. The predicted molar refractivity (Wildman–Crippen MR) is 77.8 cm³/mol. The van der Waals surface area contributed by atoms with Crippen molar-refractivity contribution in [2.45, 2.75) is 30.2 Å². The van der Waals surface area contributed by atoms with E-state index in [2.05, 4.69) is 5.43 Å². The van der Waals surface area contributed by atoms with Crippen LogP contribution in [-0.4, -0.2) is 27.9 Å². The zero-order chi connectivity index (χ0) is 14.6. The van der Waals surface area contributed by atoms with E-state index in [0.29, 0.717) is 10.8 Å². The van der Waals surface area contributed by atoms with Crippen LogP contribution in [0.5, 0.6) is 0 Å². The molecule has 3 N–H and O–H groups in total. The van der Waals surface area contributed by atoms with E-state index in [0.717, 1.165) is 38.0 Å². The molecule has 2 rings (SSSR count).